The van der Waals surface area contributed by atoms with Crippen LogP contribution in [0.3, 0.4) is 0 Å². The fourth-order valence-electron chi connectivity index (χ4n) is 1.23. The van der Waals surface area contributed by atoms with Crippen LogP contribution in [0.15, 0.2) is 4.52 Å². The molecule has 14 heavy (non-hydrogen) atoms. The van der Waals surface area contributed by atoms with Crippen molar-refractivity contribution >= 4 is 15.7 Å². The summed E-state index contributed by atoms with van der Waals surface area (Å²) in [6.45, 7) is 1.98. The Kier molecular flexibility index (Phi) is 3.15. The predicted molar refractivity (Wildman–Crippen MR) is 53.5 cm³/mol. The van der Waals surface area contributed by atoms with Crippen LogP contribution in [-0.2, 0) is 22.0 Å². The second-order valence-electron chi connectivity index (χ2n) is 3.29. The molecule has 80 valence electrons. The van der Waals surface area contributed by atoms with Crippen LogP contribution in [0.2, 0.25) is 0 Å². The summed E-state index contributed by atoms with van der Waals surface area (Å²) >= 11 is 0. The van der Waals surface area contributed by atoms with E-state index in [9.17, 15) is 8.42 Å². The summed E-state index contributed by atoms with van der Waals surface area (Å²) in [4.78, 5) is 0. The molecule has 1 aromatic rings. The number of hydrogen-bond donors (Lipinski definition) is 1. The first-order chi connectivity index (χ1) is 6.44. The van der Waals surface area contributed by atoms with Gasteiger partial charge in [-0.3, -0.25) is 0 Å². The molecule has 0 aromatic carbocycles. The molecule has 0 atom stereocenters. The fourth-order valence-corrected chi connectivity index (χ4v) is 1.93. The maximum Gasteiger partial charge on any atom is 0.170 e. The molecule has 5 nitrogen and oxygen atoms in total. The highest BCUT2D eigenvalue weighted by Gasteiger charge is 2.17. The van der Waals surface area contributed by atoms with E-state index in [0.717, 1.165) is 18.2 Å². The van der Waals surface area contributed by atoms with Gasteiger partial charge in [0.25, 0.3) is 0 Å². The van der Waals surface area contributed by atoms with Crippen LogP contribution in [0.4, 0.5) is 5.82 Å². The molecule has 0 fully saturated rings. The maximum absolute atomic E-state index is 11.0. The number of hydrogen-bond acceptors (Lipinski definition) is 5. The molecule has 0 aliphatic heterocycles. The number of nitrogen functional groups attached to an aromatic ring is 1. The van der Waals surface area contributed by atoms with E-state index in [4.69, 9.17) is 10.3 Å². The number of anilines is 1. The summed E-state index contributed by atoms with van der Waals surface area (Å²) in [7, 11) is -3.09. The molecule has 0 saturated carbocycles. The summed E-state index contributed by atoms with van der Waals surface area (Å²) in [5.74, 6) is 0.532. The molecule has 0 aliphatic carbocycles. The number of nitrogens with two attached hydrogens (primary N) is 1. The van der Waals surface area contributed by atoms with Gasteiger partial charge < -0.3 is 10.3 Å². The molecule has 0 bridgehead atoms. The SMILES string of the molecule is CCCc1c(N)noc1CS(C)(=O)=O. The van der Waals surface area contributed by atoms with Crippen LogP contribution >= 0.6 is 0 Å². The summed E-state index contributed by atoms with van der Waals surface area (Å²) in [5.41, 5.74) is 6.27. The molecule has 0 amide bonds. The van der Waals surface area contributed by atoms with Crippen molar-refractivity contribution in [2.24, 2.45) is 0 Å². The molecule has 0 unspecified atom stereocenters. The zero-order chi connectivity index (χ0) is 10.8. The number of rotatable bonds is 4. The Hall–Kier alpha value is -1.04. The molecule has 0 aliphatic rings. The maximum atomic E-state index is 11.0. The standard InChI is InChI=1S/C8H14N2O3S/c1-3-4-6-7(5-14(2,11)12)13-10-8(6)9/h3-5H2,1-2H3,(H2,9,10). The molecular weight excluding hydrogens is 204 g/mol. The zero-order valence-electron chi connectivity index (χ0n) is 8.28. The highest BCUT2D eigenvalue weighted by molar-refractivity contribution is 7.89. The van der Waals surface area contributed by atoms with Crippen molar-refractivity contribution in [2.45, 2.75) is 25.5 Å². The minimum absolute atomic E-state index is 0.132. The summed E-state index contributed by atoms with van der Waals surface area (Å²) < 4.78 is 26.9. The van der Waals surface area contributed by atoms with Crippen molar-refractivity contribution in [1.29, 1.82) is 0 Å². The van der Waals surface area contributed by atoms with Gasteiger partial charge in [-0.05, 0) is 6.42 Å². The van der Waals surface area contributed by atoms with E-state index in [0.29, 0.717) is 18.0 Å². The topological polar surface area (TPSA) is 86.2 Å². The third kappa shape index (κ3) is 2.73. The lowest BCUT2D eigenvalue weighted by Crippen LogP contribution is -2.03. The third-order valence-electron chi connectivity index (χ3n) is 1.79. The first-order valence-corrected chi connectivity index (χ1v) is 6.40. The van der Waals surface area contributed by atoms with Crippen LogP contribution in [0.1, 0.15) is 24.7 Å². The Morgan fingerprint density at radius 1 is 1.50 bits per heavy atom. The smallest absolute Gasteiger partial charge is 0.170 e. The van der Waals surface area contributed by atoms with Crippen LogP contribution in [0.5, 0.6) is 0 Å². The number of nitrogens with zero attached hydrogens (tertiary/aromatic N) is 1. The van der Waals surface area contributed by atoms with Crippen LogP contribution < -0.4 is 5.73 Å². The summed E-state index contributed by atoms with van der Waals surface area (Å²) in [6.07, 6.45) is 2.73. The Morgan fingerprint density at radius 3 is 2.64 bits per heavy atom. The van der Waals surface area contributed by atoms with Gasteiger partial charge in [0.1, 0.15) is 5.75 Å². The van der Waals surface area contributed by atoms with Crippen molar-refractivity contribution in [3.63, 3.8) is 0 Å². The molecule has 1 aromatic heterocycles. The fraction of sp³-hybridized carbons (Fsp3) is 0.625. The second-order valence-corrected chi connectivity index (χ2v) is 5.43. The molecule has 6 heteroatoms. The van der Waals surface area contributed by atoms with Gasteiger partial charge in [-0.1, -0.05) is 18.5 Å². The molecule has 2 N–H and O–H groups in total. The lowest BCUT2D eigenvalue weighted by atomic mass is 10.1. The van der Waals surface area contributed by atoms with Crippen molar-refractivity contribution < 1.29 is 12.9 Å². The van der Waals surface area contributed by atoms with Crippen molar-refractivity contribution in [3.8, 4) is 0 Å². The molecule has 1 rings (SSSR count). The number of sulfone groups is 1. The van der Waals surface area contributed by atoms with Gasteiger partial charge in [0, 0.05) is 11.8 Å². The highest BCUT2D eigenvalue weighted by atomic mass is 32.2. The Morgan fingerprint density at radius 2 is 2.14 bits per heavy atom. The van der Waals surface area contributed by atoms with Gasteiger partial charge in [0.05, 0.1) is 0 Å². The lowest BCUT2D eigenvalue weighted by molar-refractivity contribution is 0.394. The Balaban J connectivity index is 2.97. The minimum Gasteiger partial charge on any atom is -0.381 e. The monoisotopic (exact) mass is 218 g/mol. The van der Waals surface area contributed by atoms with E-state index in [1.165, 1.54) is 0 Å². The summed E-state index contributed by atoms with van der Waals surface area (Å²) in [6, 6.07) is 0. The van der Waals surface area contributed by atoms with Gasteiger partial charge in [0.2, 0.25) is 0 Å². The number of aromatic nitrogens is 1. The van der Waals surface area contributed by atoms with Crippen molar-refractivity contribution in [2.75, 3.05) is 12.0 Å². The van der Waals surface area contributed by atoms with E-state index in [2.05, 4.69) is 5.16 Å². The Labute approximate surface area is 83.2 Å². The van der Waals surface area contributed by atoms with Crippen LogP contribution in [-0.4, -0.2) is 19.8 Å². The van der Waals surface area contributed by atoms with Gasteiger partial charge >= 0.3 is 0 Å². The molecular formula is C8H14N2O3S. The van der Waals surface area contributed by atoms with Crippen LogP contribution in [0, 0.1) is 0 Å². The molecule has 0 spiro atoms. The van der Waals surface area contributed by atoms with E-state index in [1.807, 2.05) is 6.92 Å². The molecule has 0 saturated heterocycles. The van der Waals surface area contributed by atoms with Gasteiger partial charge in [-0.15, -0.1) is 0 Å². The van der Waals surface area contributed by atoms with E-state index < -0.39 is 9.84 Å². The average molecular weight is 218 g/mol. The van der Waals surface area contributed by atoms with E-state index in [1.54, 1.807) is 0 Å². The largest absolute Gasteiger partial charge is 0.381 e. The minimum atomic E-state index is -3.09. The molecule has 0 radical (unpaired) electrons. The van der Waals surface area contributed by atoms with Gasteiger partial charge in [-0.25, -0.2) is 8.42 Å². The lowest BCUT2D eigenvalue weighted by Gasteiger charge is -1.98. The van der Waals surface area contributed by atoms with E-state index in [-0.39, 0.29) is 5.75 Å². The third-order valence-corrected chi connectivity index (χ3v) is 2.58. The Bertz CT molecular complexity index is 408. The van der Waals surface area contributed by atoms with Crippen molar-refractivity contribution in [3.05, 3.63) is 11.3 Å². The average Bonchev–Trinajstić information content (AvgIpc) is 2.33. The summed E-state index contributed by atoms with van der Waals surface area (Å²) in [5, 5.41) is 3.56. The zero-order valence-corrected chi connectivity index (χ0v) is 9.10. The van der Waals surface area contributed by atoms with Gasteiger partial charge in [0.15, 0.2) is 21.4 Å². The molecule has 1 heterocycles. The predicted octanol–water partition coefficient (Wildman–Crippen LogP) is 0.754. The first kappa shape index (κ1) is 11.0. The second kappa shape index (κ2) is 4.00. The normalized spacial score (nSPS) is 11.9. The van der Waals surface area contributed by atoms with Crippen molar-refractivity contribution in [1.82, 2.24) is 5.16 Å². The van der Waals surface area contributed by atoms with Crippen LogP contribution in [0.25, 0.3) is 0 Å². The van der Waals surface area contributed by atoms with E-state index >= 15 is 0 Å². The van der Waals surface area contributed by atoms with Gasteiger partial charge in [-0.2, -0.15) is 0 Å². The highest BCUT2D eigenvalue weighted by Crippen LogP contribution is 2.19. The quantitative estimate of drug-likeness (QED) is 0.806. The first-order valence-electron chi connectivity index (χ1n) is 4.34.